The minimum Gasteiger partial charge on any atom is -0.502 e. The molecule has 0 unspecified atom stereocenters. The zero-order valence-corrected chi connectivity index (χ0v) is 9.37. The number of benzene rings is 1. The number of nitro groups is 1. The Balaban J connectivity index is 2.49. The summed E-state index contributed by atoms with van der Waals surface area (Å²) in [6, 6.07) is 4.37. The Labute approximate surface area is 94.1 Å². The van der Waals surface area contributed by atoms with E-state index in [-0.39, 0.29) is 11.4 Å². The van der Waals surface area contributed by atoms with Crippen LogP contribution in [0.25, 0.3) is 0 Å². The maximum Gasteiger partial charge on any atom is 0.311 e. The van der Waals surface area contributed by atoms with Gasteiger partial charge in [0.2, 0.25) is 5.75 Å². The maximum atomic E-state index is 10.6. The molecule has 0 atom stereocenters. The molecule has 0 saturated heterocycles. The summed E-state index contributed by atoms with van der Waals surface area (Å²) in [7, 11) is 0. The molecular formula is C7H5IN4O3. The summed E-state index contributed by atoms with van der Waals surface area (Å²) in [5.41, 5.74) is 2.72. The van der Waals surface area contributed by atoms with Gasteiger partial charge in [0.05, 0.1) is 31.5 Å². The Morgan fingerprint density at radius 1 is 1.53 bits per heavy atom. The van der Waals surface area contributed by atoms with E-state index >= 15 is 0 Å². The summed E-state index contributed by atoms with van der Waals surface area (Å²) in [6.07, 6.45) is 0. The SMILES string of the molecule is O=[N+]([O-])c1cccc(C2=IN=NN2)c1O. The van der Waals surface area contributed by atoms with Crippen LogP contribution in [-0.4, -0.2) is 13.7 Å². The van der Waals surface area contributed by atoms with Crippen molar-refractivity contribution in [2.24, 2.45) is 8.55 Å². The molecule has 0 fully saturated rings. The first kappa shape index (κ1) is 9.96. The molecule has 0 spiro atoms. The average molecular weight is 320 g/mol. The first-order valence-corrected chi connectivity index (χ1v) is 5.88. The summed E-state index contributed by atoms with van der Waals surface area (Å²) in [5, 5.41) is 23.8. The lowest BCUT2D eigenvalue weighted by Gasteiger charge is -2.03. The molecule has 15 heavy (non-hydrogen) atoms. The highest BCUT2D eigenvalue weighted by atomic mass is 127. The van der Waals surface area contributed by atoms with Crippen molar-refractivity contribution in [2.75, 3.05) is 0 Å². The number of phenolic OH excluding ortho intramolecular Hbond substituents is 1. The molecule has 78 valence electrons. The largest absolute Gasteiger partial charge is 0.502 e. The van der Waals surface area contributed by atoms with E-state index in [1.807, 2.05) is 0 Å². The summed E-state index contributed by atoms with van der Waals surface area (Å²) < 4.78 is 4.42. The van der Waals surface area contributed by atoms with Gasteiger partial charge in [0.15, 0.2) is 0 Å². The van der Waals surface area contributed by atoms with Gasteiger partial charge >= 0.3 is 5.69 Å². The van der Waals surface area contributed by atoms with E-state index in [0.717, 1.165) is 0 Å². The summed E-state index contributed by atoms with van der Waals surface area (Å²) in [5.74, 6) is -0.336. The molecule has 1 aromatic rings. The molecule has 1 aliphatic rings. The molecule has 2 rings (SSSR count). The molecule has 1 aromatic carbocycles. The second-order valence-corrected chi connectivity index (χ2v) is 4.61. The predicted octanol–water partition coefficient (Wildman–Crippen LogP) is 1.63. The highest BCUT2D eigenvalue weighted by molar-refractivity contribution is 14.2. The number of aromatic hydroxyl groups is 1. The normalized spacial score (nSPS) is 14.0. The highest BCUT2D eigenvalue weighted by Crippen LogP contribution is 2.31. The van der Waals surface area contributed by atoms with E-state index in [4.69, 9.17) is 0 Å². The van der Waals surface area contributed by atoms with Gasteiger partial charge < -0.3 is 5.11 Å². The summed E-state index contributed by atoms with van der Waals surface area (Å²) in [6.45, 7) is 0. The maximum absolute atomic E-state index is 10.6. The van der Waals surface area contributed by atoms with Gasteiger partial charge in [-0.2, -0.15) is 0 Å². The van der Waals surface area contributed by atoms with Crippen molar-refractivity contribution in [2.45, 2.75) is 0 Å². The molecule has 2 N–H and O–H groups in total. The highest BCUT2D eigenvalue weighted by Gasteiger charge is 2.20. The lowest BCUT2D eigenvalue weighted by atomic mass is 10.2. The Morgan fingerprint density at radius 3 is 2.93 bits per heavy atom. The first-order valence-electron chi connectivity index (χ1n) is 3.84. The monoisotopic (exact) mass is 320 g/mol. The molecule has 1 aliphatic heterocycles. The Bertz CT molecular complexity index is 485. The van der Waals surface area contributed by atoms with Crippen LogP contribution in [0.1, 0.15) is 5.56 Å². The van der Waals surface area contributed by atoms with Gasteiger partial charge in [-0.1, -0.05) is 11.3 Å². The zero-order valence-electron chi connectivity index (χ0n) is 7.22. The fourth-order valence-corrected chi connectivity index (χ4v) is 2.44. The number of hydrogen-bond acceptors (Lipinski definition) is 6. The van der Waals surface area contributed by atoms with Crippen LogP contribution in [0, 0.1) is 10.1 Å². The van der Waals surface area contributed by atoms with E-state index in [1.54, 1.807) is 6.07 Å². The second kappa shape index (κ2) is 3.88. The number of nitrogens with zero attached hydrogens (tertiary/aromatic N) is 3. The van der Waals surface area contributed by atoms with Crippen molar-refractivity contribution < 1.29 is 10.0 Å². The lowest BCUT2D eigenvalue weighted by molar-refractivity contribution is -0.385. The van der Waals surface area contributed by atoms with Crippen LogP contribution in [0.4, 0.5) is 5.69 Å². The standard InChI is InChI=1S/C7H5IN4O3/c13-6-4(7-8-10-11-9-7)2-1-3-5(6)12(14)15/h1-3,13H,(H,9,10). The van der Waals surface area contributed by atoms with Crippen LogP contribution in [0.2, 0.25) is 0 Å². The van der Waals surface area contributed by atoms with Gasteiger partial charge in [-0.25, -0.2) is 0 Å². The molecule has 7 nitrogen and oxygen atoms in total. The van der Waals surface area contributed by atoms with Gasteiger partial charge in [-0.05, 0) is 6.07 Å². The lowest BCUT2D eigenvalue weighted by Crippen LogP contribution is -2.13. The molecule has 0 radical (unpaired) electrons. The van der Waals surface area contributed by atoms with Crippen molar-refractivity contribution in [1.29, 1.82) is 0 Å². The van der Waals surface area contributed by atoms with E-state index in [1.165, 1.54) is 12.1 Å². The fourth-order valence-electron chi connectivity index (χ4n) is 1.10. The van der Waals surface area contributed by atoms with E-state index < -0.39 is 25.9 Å². The molecule has 1 heterocycles. The third-order valence-electron chi connectivity index (χ3n) is 1.76. The first-order chi connectivity index (χ1) is 7.20. The molecule has 0 saturated carbocycles. The van der Waals surface area contributed by atoms with Gasteiger partial charge in [0.1, 0.15) is 3.63 Å². The number of hydrogen-bond donors (Lipinski definition) is 2. The Hall–Kier alpha value is -1.58. The molecule has 0 aromatic heterocycles. The smallest absolute Gasteiger partial charge is 0.311 e. The number of halogens is 1. The molecular weight excluding hydrogens is 315 g/mol. The van der Waals surface area contributed by atoms with Crippen LogP contribution in [0.15, 0.2) is 26.8 Å². The summed E-state index contributed by atoms with van der Waals surface area (Å²) in [4.78, 5) is 9.94. The van der Waals surface area contributed by atoms with Gasteiger partial charge in [0.25, 0.3) is 0 Å². The average Bonchev–Trinajstić information content (AvgIpc) is 2.70. The van der Waals surface area contributed by atoms with Crippen LogP contribution in [0.5, 0.6) is 5.75 Å². The van der Waals surface area contributed by atoms with Crippen molar-refractivity contribution >= 4 is 30.3 Å². The molecule has 0 bridgehead atoms. The van der Waals surface area contributed by atoms with Crippen LogP contribution < -0.4 is 5.43 Å². The minimum atomic E-state index is -0.670. The molecule has 0 amide bonds. The van der Waals surface area contributed by atoms with Gasteiger partial charge in [-0.3, -0.25) is 15.5 Å². The van der Waals surface area contributed by atoms with Crippen molar-refractivity contribution in [3.63, 3.8) is 0 Å². The molecule has 8 heteroatoms. The van der Waals surface area contributed by atoms with E-state index in [0.29, 0.717) is 9.20 Å². The van der Waals surface area contributed by atoms with Crippen molar-refractivity contribution in [1.82, 2.24) is 5.43 Å². The Kier molecular flexibility index (Phi) is 2.58. The molecule has 0 aliphatic carbocycles. The van der Waals surface area contributed by atoms with E-state index in [9.17, 15) is 15.2 Å². The Morgan fingerprint density at radius 2 is 2.33 bits per heavy atom. The van der Waals surface area contributed by atoms with Crippen LogP contribution >= 0.6 is 21.0 Å². The zero-order chi connectivity index (χ0) is 10.8. The third kappa shape index (κ3) is 1.79. The predicted molar refractivity (Wildman–Crippen MR) is 60.9 cm³/mol. The fraction of sp³-hybridized carbons (Fsp3) is 0. The third-order valence-corrected chi connectivity index (χ3v) is 3.49. The quantitative estimate of drug-likeness (QED) is 0.491. The van der Waals surface area contributed by atoms with Crippen molar-refractivity contribution in [3.05, 3.63) is 33.9 Å². The number of nitrogens with one attached hydrogen (secondary N) is 1. The second-order valence-electron chi connectivity index (χ2n) is 2.62. The minimum absolute atomic E-state index is 0.308. The summed E-state index contributed by atoms with van der Waals surface area (Å²) >= 11 is -0.670. The van der Waals surface area contributed by atoms with Gasteiger partial charge in [0, 0.05) is 6.07 Å². The van der Waals surface area contributed by atoms with Crippen LogP contribution in [-0.2, 0) is 0 Å². The van der Waals surface area contributed by atoms with Gasteiger partial charge in [-0.15, -0.1) is 3.33 Å². The number of rotatable bonds is 2. The number of para-hydroxylation sites is 1. The van der Waals surface area contributed by atoms with E-state index in [2.05, 4.69) is 14.0 Å². The number of phenols is 1. The topological polar surface area (TPSA) is 100 Å². The van der Waals surface area contributed by atoms with Crippen LogP contribution in [0.3, 0.4) is 0 Å². The van der Waals surface area contributed by atoms with Crippen molar-refractivity contribution in [3.8, 4) is 5.75 Å². The number of nitro benzene ring substituents is 1.